The monoisotopic (exact) mass is 237 g/mol. The number of carbonyl (C=O) groups excluding carboxylic acids is 1. The Kier molecular flexibility index (Phi) is 4.09. The molecular formula is C12H15NO4. The van der Waals surface area contributed by atoms with Crippen LogP contribution in [0.4, 0.5) is 5.69 Å². The lowest BCUT2D eigenvalue weighted by molar-refractivity contribution is -0.118. The Hall–Kier alpha value is -2.04. The molecule has 1 amide bonds. The van der Waals surface area contributed by atoms with Gasteiger partial charge in [-0.2, -0.15) is 0 Å². The molecule has 92 valence electrons. The van der Waals surface area contributed by atoms with Gasteiger partial charge in [-0.1, -0.05) is 13.8 Å². The second kappa shape index (κ2) is 5.34. The first-order valence-corrected chi connectivity index (χ1v) is 5.18. The maximum absolute atomic E-state index is 11.5. The molecule has 0 aromatic heterocycles. The summed E-state index contributed by atoms with van der Waals surface area (Å²) in [5.74, 6) is -1.05. The molecule has 2 N–H and O–H groups in total. The minimum atomic E-state index is -1.09. The quantitative estimate of drug-likeness (QED) is 0.839. The Bertz CT molecular complexity index is 440. The zero-order chi connectivity index (χ0) is 13.0. The predicted molar refractivity (Wildman–Crippen MR) is 63.4 cm³/mol. The summed E-state index contributed by atoms with van der Waals surface area (Å²) in [4.78, 5) is 22.5. The standard InChI is InChI=1S/C12H15NO4/c1-7(2)11(14)13-10-6-8(17-3)4-5-9(10)12(15)16/h4-7H,1-3H3,(H,13,14)(H,15,16). The maximum atomic E-state index is 11.5. The minimum absolute atomic E-state index is 0.0415. The molecule has 0 unspecified atom stereocenters. The van der Waals surface area contributed by atoms with Crippen LogP contribution in [0.2, 0.25) is 0 Å². The van der Waals surface area contributed by atoms with Crippen molar-refractivity contribution in [2.24, 2.45) is 5.92 Å². The molecule has 1 aromatic carbocycles. The number of carbonyl (C=O) groups is 2. The molecule has 0 saturated heterocycles. The van der Waals surface area contributed by atoms with Gasteiger partial charge in [0.2, 0.25) is 5.91 Å². The van der Waals surface area contributed by atoms with Gasteiger partial charge in [0.05, 0.1) is 18.4 Å². The topological polar surface area (TPSA) is 75.6 Å². The molecular weight excluding hydrogens is 222 g/mol. The molecule has 0 aliphatic heterocycles. The third kappa shape index (κ3) is 3.21. The van der Waals surface area contributed by atoms with E-state index in [0.29, 0.717) is 5.75 Å². The van der Waals surface area contributed by atoms with E-state index in [0.717, 1.165) is 0 Å². The summed E-state index contributed by atoms with van der Waals surface area (Å²) in [5.41, 5.74) is 0.287. The fraction of sp³-hybridized carbons (Fsp3) is 0.333. The summed E-state index contributed by atoms with van der Waals surface area (Å²) in [5, 5.41) is 11.6. The van der Waals surface area contributed by atoms with Crippen LogP contribution in [0.3, 0.4) is 0 Å². The number of amides is 1. The number of hydrogen-bond acceptors (Lipinski definition) is 3. The van der Waals surface area contributed by atoms with E-state index in [1.807, 2.05) is 0 Å². The second-order valence-electron chi connectivity index (χ2n) is 3.86. The lowest BCUT2D eigenvalue weighted by Crippen LogP contribution is -2.19. The van der Waals surface area contributed by atoms with Crippen molar-refractivity contribution in [1.29, 1.82) is 0 Å². The normalized spacial score (nSPS) is 10.1. The third-order valence-electron chi connectivity index (χ3n) is 2.24. The molecule has 0 heterocycles. The van der Waals surface area contributed by atoms with Gasteiger partial charge in [0.1, 0.15) is 5.75 Å². The van der Waals surface area contributed by atoms with Crippen molar-refractivity contribution >= 4 is 17.6 Å². The van der Waals surface area contributed by atoms with Crippen LogP contribution >= 0.6 is 0 Å². The Morgan fingerprint density at radius 1 is 1.35 bits per heavy atom. The lowest BCUT2D eigenvalue weighted by Gasteiger charge is -2.11. The fourth-order valence-corrected chi connectivity index (χ4v) is 1.22. The zero-order valence-electron chi connectivity index (χ0n) is 9.98. The van der Waals surface area contributed by atoms with Crippen molar-refractivity contribution in [1.82, 2.24) is 0 Å². The third-order valence-corrected chi connectivity index (χ3v) is 2.24. The van der Waals surface area contributed by atoms with E-state index in [1.165, 1.54) is 25.3 Å². The smallest absolute Gasteiger partial charge is 0.337 e. The molecule has 0 radical (unpaired) electrons. The summed E-state index contributed by atoms with van der Waals surface area (Å²) in [6.45, 7) is 3.46. The Balaban J connectivity index is 3.09. The van der Waals surface area contributed by atoms with Gasteiger partial charge in [0, 0.05) is 12.0 Å². The molecule has 1 rings (SSSR count). The molecule has 0 aliphatic rings. The van der Waals surface area contributed by atoms with Gasteiger partial charge in [-0.15, -0.1) is 0 Å². The number of rotatable bonds is 4. The number of anilines is 1. The zero-order valence-corrected chi connectivity index (χ0v) is 9.98. The molecule has 17 heavy (non-hydrogen) atoms. The molecule has 5 nitrogen and oxygen atoms in total. The summed E-state index contributed by atoms with van der Waals surface area (Å²) in [6.07, 6.45) is 0. The Labute approximate surface area is 99.4 Å². The number of nitrogens with one attached hydrogen (secondary N) is 1. The maximum Gasteiger partial charge on any atom is 0.337 e. The molecule has 0 spiro atoms. The molecule has 0 bridgehead atoms. The molecule has 0 aliphatic carbocycles. The van der Waals surface area contributed by atoms with Gasteiger partial charge in [-0.05, 0) is 12.1 Å². The SMILES string of the molecule is COc1ccc(C(=O)O)c(NC(=O)C(C)C)c1. The Morgan fingerprint density at radius 3 is 2.47 bits per heavy atom. The largest absolute Gasteiger partial charge is 0.497 e. The van der Waals surface area contributed by atoms with Crippen molar-refractivity contribution in [2.45, 2.75) is 13.8 Å². The van der Waals surface area contributed by atoms with Crippen LogP contribution in [-0.4, -0.2) is 24.1 Å². The van der Waals surface area contributed by atoms with Gasteiger partial charge in [0.25, 0.3) is 0 Å². The van der Waals surface area contributed by atoms with Gasteiger partial charge in [0.15, 0.2) is 0 Å². The molecule has 1 aromatic rings. The highest BCUT2D eigenvalue weighted by Gasteiger charge is 2.15. The highest BCUT2D eigenvalue weighted by atomic mass is 16.5. The number of benzene rings is 1. The highest BCUT2D eigenvalue weighted by molar-refractivity contribution is 6.01. The summed E-state index contributed by atoms with van der Waals surface area (Å²) in [7, 11) is 1.48. The number of ether oxygens (including phenoxy) is 1. The van der Waals surface area contributed by atoms with Crippen LogP contribution in [0.1, 0.15) is 24.2 Å². The van der Waals surface area contributed by atoms with E-state index in [9.17, 15) is 9.59 Å². The minimum Gasteiger partial charge on any atom is -0.497 e. The number of aromatic carboxylic acids is 1. The summed E-state index contributed by atoms with van der Waals surface area (Å²) in [6, 6.07) is 4.43. The van der Waals surface area contributed by atoms with Gasteiger partial charge < -0.3 is 15.2 Å². The van der Waals surface area contributed by atoms with E-state index >= 15 is 0 Å². The second-order valence-corrected chi connectivity index (χ2v) is 3.86. The highest BCUT2D eigenvalue weighted by Crippen LogP contribution is 2.23. The average Bonchev–Trinajstić information content (AvgIpc) is 2.28. The number of carboxylic acids is 1. The molecule has 0 fully saturated rings. The van der Waals surface area contributed by atoms with Crippen LogP contribution in [0.25, 0.3) is 0 Å². The molecule has 0 saturated carbocycles. The van der Waals surface area contributed by atoms with Crippen molar-refractivity contribution in [3.63, 3.8) is 0 Å². The summed E-state index contributed by atoms with van der Waals surface area (Å²) >= 11 is 0. The lowest BCUT2D eigenvalue weighted by atomic mass is 10.1. The molecule has 0 atom stereocenters. The first-order valence-electron chi connectivity index (χ1n) is 5.18. The van der Waals surface area contributed by atoms with Crippen LogP contribution in [0.15, 0.2) is 18.2 Å². The van der Waals surface area contributed by atoms with Gasteiger partial charge in [-0.3, -0.25) is 4.79 Å². The van der Waals surface area contributed by atoms with Crippen LogP contribution in [0.5, 0.6) is 5.75 Å². The van der Waals surface area contributed by atoms with Gasteiger partial charge in [-0.25, -0.2) is 4.79 Å². The van der Waals surface area contributed by atoms with Gasteiger partial charge >= 0.3 is 5.97 Å². The van der Waals surface area contributed by atoms with Crippen molar-refractivity contribution in [2.75, 3.05) is 12.4 Å². The predicted octanol–water partition coefficient (Wildman–Crippen LogP) is 1.99. The van der Waals surface area contributed by atoms with Crippen LogP contribution in [-0.2, 0) is 4.79 Å². The van der Waals surface area contributed by atoms with Crippen molar-refractivity contribution < 1.29 is 19.4 Å². The van der Waals surface area contributed by atoms with Crippen LogP contribution in [0, 0.1) is 5.92 Å². The molecule has 5 heteroatoms. The van der Waals surface area contributed by atoms with E-state index < -0.39 is 5.97 Å². The van der Waals surface area contributed by atoms with Crippen molar-refractivity contribution in [3.8, 4) is 5.75 Å². The first kappa shape index (κ1) is 13.0. The summed E-state index contributed by atoms with van der Waals surface area (Å²) < 4.78 is 4.99. The Morgan fingerprint density at radius 2 is 2.00 bits per heavy atom. The van der Waals surface area contributed by atoms with Crippen LogP contribution < -0.4 is 10.1 Å². The number of hydrogen-bond donors (Lipinski definition) is 2. The number of methoxy groups -OCH3 is 1. The van der Waals surface area contributed by atoms with E-state index in [4.69, 9.17) is 9.84 Å². The van der Waals surface area contributed by atoms with Crippen molar-refractivity contribution in [3.05, 3.63) is 23.8 Å². The number of carboxylic acid groups (broad SMARTS) is 1. The average molecular weight is 237 g/mol. The van der Waals surface area contributed by atoms with E-state index in [1.54, 1.807) is 13.8 Å². The first-order chi connectivity index (χ1) is 7.95. The van der Waals surface area contributed by atoms with E-state index in [2.05, 4.69) is 5.32 Å². The fourth-order valence-electron chi connectivity index (χ4n) is 1.22. The van der Waals surface area contributed by atoms with E-state index in [-0.39, 0.29) is 23.1 Å².